The second-order valence-electron chi connectivity index (χ2n) is 7.65. The highest BCUT2D eigenvalue weighted by atomic mass is 16.5. The number of benzene rings is 1. The Morgan fingerprint density at radius 1 is 1.23 bits per heavy atom. The summed E-state index contributed by atoms with van der Waals surface area (Å²) in [4.78, 5) is 39.2. The number of carbonyl (C=O) groups is 3. The predicted octanol–water partition coefficient (Wildman–Crippen LogP) is 4.81. The highest BCUT2D eigenvalue weighted by Gasteiger charge is 2.27. The van der Waals surface area contributed by atoms with Gasteiger partial charge in [0.1, 0.15) is 11.8 Å². The average molecular weight is 531 g/mol. The van der Waals surface area contributed by atoms with E-state index in [-0.39, 0.29) is 11.8 Å². The number of nitrogens with zero attached hydrogens (tertiary/aromatic N) is 2. The SMILES string of the molecule is C#C.C=C/C(C#C/C(=C/C)C/C=C\CC1NC(=O)NC1=O)=C\N=C.CC.COc1ccc2c(c1)C(=O)N(C)C2. The summed E-state index contributed by atoms with van der Waals surface area (Å²) in [7, 11) is 3.40. The van der Waals surface area contributed by atoms with E-state index in [0.29, 0.717) is 25.0 Å². The zero-order valence-corrected chi connectivity index (χ0v) is 23.4. The minimum atomic E-state index is -0.488. The Hall–Kier alpha value is -4.82. The molecule has 0 aliphatic carbocycles. The van der Waals surface area contributed by atoms with Crippen LogP contribution in [-0.4, -0.2) is 49.7 Å². The van der Waals surface area contributed by atoms with Crippen molar-refractivity contribution in [3.8, 4) is 30.4 Å². The standard InChI is InChI=1S/C17H19N3O2.C10H11NO2.C2H6.C2H2/c1-4-13(10-11-14(5-2)12-18-3)8-6-7-9-15-16(21)20-17(22)19-15;1-11-6-7-3-4-8(13-2)5-9(7)10(11)12;2*1-2/h4-7,12,15H,2-3,8-9H2,1H3,(H2,19,20,21,22);3-5H,6H2,1-2H3;1-2H3;1-2H/b7-6-,13-4+,14-12+;;;. The summed E-state index contributed by atoms with van der Waals surface area (Å²) in [6, 6.07) is 4.68. The maximum absolute atomic E-state index is 11.5. The van der Waals surface area contributed by atoms with Gasteiger partial charge in [-0.2, -0.15) is 0 Å². The number of terminal acetylenes is 1. The van der Waals surface area contributed by atoms with Gasteiger partial charge in [0.15, 0.2) is 0 Å². The second kappa shape index (κ2) is 19.3. The van der Waals surface area contributed by atoms with Crippen LogP contribution in [0.2, 0.25) is 0 Å². The van der Waals surface area contributed by atoms with Crippen molar-refractivity contribution in [1.29, 1.82) is 0 Å². The first-order valence-corrected chi connectivity index (χ1v) is 12.3. The fourth-order valence-corrected chi connectivity index (χ4v) is 3.25. The molecule has 8 nitrogen and oxygen atoms in total. The molecular formula is C31H38N4O4. The van der Waals surface area contributed by atoms with Crippen molar-refractivity contribution in [3.63, 3.8) is 0 Å². The van der Waals surface area contributed by atoms with Gasteiger partial charge in [0.2, 0.25) is 0 Å². The minimum absolute atomic E-state index is 0.0777. The van der Waals surface area contributed by atoms with Gasteiger partial charge in [0.05, 0.1) is 7.11 Å². The van der Waals surface area contributed by atoms with Crippen molar-refractivity contribution in [2.24, 2.45) is 4.99 Å². The van der Waals surface area contributed by atoms with Gasteiger partial charge < -0.3 is 15.0 Å². The summed E-state index contributed by atoms with van der Waals surface area (Å²) >= 11 is 0. The first-order valence-electron chi connectivity index (χ1n) is 12.3. The number of urea groups is 1. The van der Waals surface area contributed by atoms with Gasteiger partial charge in [-0.15, -0.1) is 12.8 Å². The summed E-state index contributed by atoms with van der Waals surface area (Å²) < 4.78 is 5.05. The number of allylic oxidation sites excluding steroid dienone is 5. The van der Waals surface area contributed by atoms with Crippen LogP contribution in [0.25, 0.3) is 0 Å². The molecule has 1 atom stereocenters. The minimum Gasteiger partial charge on any atom is -0.497 e. The molecule has 0 aromatic heterocycles. The fourth-order valence-electron chi connectivity index (χ4n) is 3.25. The molecule has 3 rings (SSSR count). The quantitative estimate of drug-likeness (QED) is 0.174. The van der Waals surface area contributed by atoms with Crippen molar-refractivity contribution < 1.29 is 19.1 Å². The molecule has 1 aromatic rings. The number of ether oxygens (including phenoxy) is 1. The van der Waals surface area contributed by atoms with E-state index in [1.54, 1.807) is 37.4 Å². The van der Waals surface area contributed by atoms with Gasteiger partial charge in [0.25, 0.3) is 11.8 Å². The Labute approximate surface area is 232 Å². The van der Waals surface area contributed by atoms with Crippen LogP contribution in [-0.2, 0) is 11.3 Å². The number of imide groups is 1. The molecule has 0 bridgehead atoms. The number of amides is 4. The van der Waals surface area contributed by atoms with E-state index in [1.165, 1.54) is 0 Å². The van der Waals surface area contributed by atoms with Gasteiger partial charge in [-0.25, -0.2) is 4.79 Å². The van der Waals surface area contributed by atoms with Crippen LogP contribution in [0.5, 0.6) is 5.75 Å². The van der Waals surface area contributed by atoms with Crippen LogP contribution in [0.4, 0.5) is 4.79 Å². The molecule has 8 heteroatoms. The van der Waals surface area contributed by atoms with Gasteiger partial charge in [-0.1, -0.05) is 62.6 Å². The molecule has 206 valence electrons. The van der Waals surface area contributed by atoms with E-state index in [1.807, 2.05) is 51.1 Å². The van der Waals surface area contributed by atoms with Crippen LogP contribution in [0.1, 0.15) is 49.5 Å². The maximum atomic E-state index is 11.5. The number of nitrogens with one attached hydrogen (secondary N) is 2. The number of carbonyl (C=O) groups excluding carboxylic acids is 3. The van der Waals surface area contributed by atoms with Gasteiger partial charge in [0, 0.05) is 36.5 Å². The molecule has 0 spiro atoms. The third-order valence-electron chi connectivity index (χ3n) is 5.20. The topological polar surface area (TPSA) is 100 Å². The Morgan fingerprint density at radius 3 is 2.46 bits per heavy atom. The Balaban J connectivity index is 0.000000717. The first kappa shape index (κ1) is 34.2. The van der Waals surface area contributed by atoms with Gasteiger partial charge in [-0.05, 0) is 44.2 Å². The molecule has 39 heavy (non-hydrogen) atoms. The summed E-state index contributed by atoms with van der Waals surface area (Å²) in [5, 5.41) is 4.73. The second-order valence-corrected chi connectivity index (χ2v) is 7.65. The van der Waals surface area contributed by atoms with E-state index in [4.69, 9.17) is 4.74 Å². The van der Waals surface area contributed by atoms with E-state index in [9.17, 15) is 14.4 Å². The Morgan fingerprint density at radius 2 is 1.92 bits per heavy atom. The lowest BCUT2D eigenvalue weighted by Crippen LogP contribution is -2.27. The van der Waals surface area contributed by atoms with Crippen molar-refractivity contribution in [2.45, 2.75) is 46.2 Å². The molecule has 2 N–H and O–H groups in total. The Kier molecular flexibility index (Phi) is 16.9. The molecule has 0 saturated carbocycles. The molecule has 2 aliphatic rings. The molecule has 1 aromatic carbocycles. The summed E-state index contributed by atoms with van der Waals surface area (Å²) in [5.41, 5.74) is 3.48. The molecule has 0 radical (unpaired) electrons. The summed E-state index contributed by atoms with van der Waals surface area (Å²) in [5.74, 6) is 6.51. The average Bonchev–Trinajstić information content (AvgIpc) is 3.44. The van der Waals surface area contributed by atoms with Crippen molar-refractivity contribution in [2.75, 3.05) is 14.2 Å². The fraction of sp³-hybridized carbons (Fsp3) is 0.290. The van der Waals surface area contributed by atoms with Gasteiger partial charge >= 0.3 is 6.03 Å². The third-order valence-corrected chi connectivity index (χ3v) is 5.20. The Bertz CT molecular complexity index is 1200. The van der Waals surface area contributed by atoms with Crippen LogP contribution >= 0.6 is 0 Å². The lowest BCUT2D eigenvalue weighted by Gasteiger charge is -2.04. The normalized spacial score (nSPS) is 15.5. The molecule has 4 amide bonds. The predicted molar refractivity (Wildman–Crippen MR) is 158 cm³/mol. The number of hydrogen-bond donors (Lipinski definition) is 2. The van der Waals surface area contributed by atoms with E-state index < -0.39 is 12.1 Å². The number of methoxy groups -OCH3 is 1. The third kappa shape index (κ3) is 11.4. The smallest absolute Gasteiger partial charge is 0.322 e. The van der Waals surface area contributed by atoms with Crippen molar-refractivity contribution in [1.82, 2.24) is 15.5 Å². The largest absolute Gasteiger partial charge is 0.497 e. The van der Waals surface area contributed by atoms with Crippen LogP contribution in [0, 0.1) is 24.7 Å². The monoisotopic (exact) mass is 530 g/mol. The number of fused-ring (bicyclic) bond motifs is 1. The zero-order valence-electron chi connectivity index (χ0n) is 23.4. The molecule has 1 saturated heterocycles. The first-order chi connectivity index (χ1) is 18.8. The number of aliphatic imine (C=N–C) groups is 1. The number of rotatable bonds is 7. The molecule has 2 aliphatic heterocycles. The summed E-state index contributed by atoms with van der Waals surface area (Å²) in [6.45, 7) is 13.6. The molecule has 1 unspecified atom stereocenters. The highest BCUT2D eigenvalue weighted by Crippen LogP contribution is 2.25. The molecule has 1 fully saturated rings. The highest BCUT2D eigenvalue weighted by molar-refractivity contribution is 6.04. The number of hydrogen-bond acceptors (Lipinski definition) is 5. The van der Waals surface area contributed by atoms with Gasteiger partial charge in [-0.3, -0.25) is 19.9 Å². The van der Waals surface area contributed by atoms with Crippen LogP contribution < -0.4 is 15.4 Å². The van der Waals surface area contributed by atoms with Crippen molar-refractivity contribution in [3.05, 3.63) is 77.6 Å². The lowest BCUT2D eigenvalue weighted by molar-refractivity contribution is -0.120. The molecule has 2 heterocycles. The van der Waals surface area contributed by atoms with E-state index >= 15 is 0 Å². The lowest BCUT2D eigenvalue weighted by atomic mass is 10.1. The van der Waals surface area contributed by atoms with Crippen molar-refractivity contribution >= 4 is 24.6 Å². The zero-order chi connectivity index (χ0) is 29.8. The van der Waals surface area contributed by atoms with E-state index in [0.717, 1.165) is 22.4 Å². The van der Waals surface area contributed by atoms with Crippen LogP contribution in [0.15, 0.2) is 71.4 Å². The molecular weight excluding hydrogens is 492 g/mol. The maximum Gasteiger partial charge on any atom is 0.322 e. The summed E-state index contributed by atoms with van der Waals surface area (Å²) in [6.07, 6.45) is 18.0. The van der Waals surface area contributed by atoms with E-state index in [2.05, 4.69) is 53.6 Å². The van der Waals surface area contributed by atoms with Crippen LogP contribution in [0.3, 0.4) is 0 Å².